The minimum Gasteiger partial charge on any atom is -0.490 e. The largest absolute Gasteiger partial charge is 0.490 e. The minimum absolute atomic E-state index is 0.0326. The molecule has 1 aliphatic rings. The molecule has 0 aliphatic carbocycles. The number of carboxylic acids is 1. The molecule has 2 unspecified atom stereocenters. The van der Waals surface area contributed by atoms with Gasteiger partial charge in [0.15, 0.2) is 5.60 Å². The Bertz CT molecular complexity index is 1330. The fourth-order valence-corrected chi connectivity index (χ4v) is 4.74. The topological polar surface area (TPSA) is 70.0 Å². The van der Waals surface area contributed by atoms with E-state index in [0.717, 1.165) is 12.1 Å². The molecule has 0 saturated heterocycles. The van der Waals surface area contributed by atoms with E-state index in [9.17, 15) is 27.5 Å². The average molecular weight is 524 g/mol. The van der Waals surface area contributed by atoms with Crippen molar-refractivity contribution in [1.29, 1.82) is 0 Å². The molecule has 3 aromatic rings. The normalized spacial score (nSPS) is 16.1. The Labute approximate surface area is 209 Å². The van der Waals surface area contributed by atoms with Crippen LogP contribution in [-0.2, 0) is 5.60 Å². The number of likely N-dealkylation sites (N-methyl/N-ethyl adjacent to an activating group) is 1. The number of carbonyl (C=O) groups is 1. The van der Waals surface area contributed by atoms with Gasteiger partial charge in [-0.3, -0.25) is 0 Å². The van der Waals surface area contributed by atoms with Gasteiger partial charge in [-0.05, 0) is 52.6 Å². The third kappa shape index (κ3) is 4.37. The second-order valence-electron chi connectivity index (χ2n) is 8.67. The highest BCUT2D eigenvalue weighted by Crippen LogP contribution is 2.51. The van der Waals surface area contributed by atoms with E-state index in [4.69, 9.17) is 21.4 Å². The molecular weight excluding hydrogens is 502 g/mol. The number of aliphatic hydroxyl groups is 1. The summed E-state index contributed by atoms with van der Waals surface area (Å²) in [5.74, 6) is -3.47. The van der Waals surface area contributed by atoms with Crippen LogP contribution in [0.2, 0.25) is 5.02 Å². The lowest BCUT2D eigenvalue weighted by Gasteiger charge is -2.38. The summed E-state index contributed by atoms with van der Waals surface area (Å²) >= 11 is 6.38. The van der Waals surface area contributed by atoms with E-state index in [0.29, 0.717) is 35.7 Å². The summed E-state index contributed by atoms with van der Waals surface area (Å²) in [5, 5.41) is 20.1. The monoisotopic (exact) mass is 523 g/mol. The quantitative estimate of drug-likeness (QED) is 0.388. The summed E-state index contributed by atoms with van der Waals surface area (Å²) in [6.07, 6.45) is -5.05. The highest BCUT2D eigenvalue weighted by Gasteiger charge is 2.59. The number of hydrogen-bond donors (Lipinski definition) is 2. The van der Waals surface area contributed by atoms with E-state index in [1.165, 1.54) is 49.4 Å². The Morgan fingerprint density at radius 3 is 2.36 bits per heavy atom. The van der Waals surface area contributed by atoms with E-state index < -0.39 is 35.0 Å². The van der Waals surface area contributed by atoms with Crippen molar-refractivity contribution in [1.82, 2.24) is 0 Å². The van der Waals surface area contributed by atoms with Crippen LogP contribution < -0.4 is 9.64 Å². The predicted molar refractivity (Wildman–Crippen MR) is 127 cm³/mol. The molecule has 5 nitrogen and oxygen atoms in total. The molecule has 0 radical (unpaired) electrons. The average Bonchev–Trinajstić information content (AvgIpc) is 2.82. The van der Waals surface area contributed by atoms with Gasteiger partial charge in [0.1, 0.15) is 18.2 Å². The smallest absolute Gasteiger partial charge is 0.422 e. The number of benzene rings is 3. The number of halogens is 5. The van der Waals surface area contributed by atoms with Gasteiger partial charge in [0.05, 0.1) is 17.8 Å². The van der Waals surface area contributed by atoms with Crippen LogP contribution >= 0.6 is 11.6 Å². The van der Waals surface area contributed by atoms with E-state index in [-0.39, 0.29) is 16.1 Å². The number of aromatic carboxylic acids is 1. The highest BCUT2D eigenvalue weighted by molar-refractivity contribution is 6.31. The number of rotatable bonds is 5. The summed E-state index contributed by atoms with van der Waals surface area (Å²) in [6, 6.07) is 11.5. The third-order valence-corrected chi connectivity index (χ3v) is 6.88. The predicted octanol–water partition coefficient (Wildman–Crippen LogP) is 6.23. The molecular formula is C26H22ClF4NO4. The molecule has 190 valence electrons. The zero-order valence-electron chi connectivity index (χ0n) is 19.2. The van der Waals surface area contributed by atoms with Crippen molar-refractivity contribution in [3.05, 3.63) is 82.1 Å². The zero-order valence-corrected chi connectivity index (χ0v) is 20.0. The number of hydrogen-bond acceptors (Lipinski definition) is 4. The van der Waals surface area contributed by atoms with E-state index in [1.54, 1.807) is 11.9 Å². The second kappa shape index (κ2) is 9.29. The maximum Gasteiger partial charge on any atom is 0.422 e. The Morgan fingerprint density at radius 2 is 1.75 bits per heavy atom. The SMILES string of the molecule is CC(c1ccc(-c2ccc(C(=O)O)c(F)c2)cc1Cl)C(O)(c1ccc2c(c1)N(C)CCO2)C(F)(F)F. The fourth-order valence-electron chi connectivity index (χ4n) is 4.40. The molecule has 0 bridgehead atoms. The van der Waals surface area contributed by atoms with Crippen LogP contribution in [0.15, 0.2) is 54.6 Å². The Hall–Kier alpha value is -3.30. The molecule has 0 saturated carbocycles. The molecule has 3 aromatic carbocycles. The number of carboxylic acid groups (broad SMARTS) is 1. The van der Waals surface area contributed by atoms with Gasteiger partial charge < -0.3 is 19.8 Å². The number of anilines is 1. The maximum atomic E-state index is 14.5. The van der Waals surface area contributed by atoms with Crippen LogP contribution in [0, 0.1) is 5.82 Å². The summed E-state index contributed by atoms with van der Waals surface area (Å²) < 4.78 is 63.0. The molecule has 1 aliphatic heterocycles. The molecule has 2 N–H and O–H groups in total. The van der Waals surface area contributed by atoms with Crippen LogP contribution in [0.1, 0.15) is 34.3 Å². The molecule has 0 spiro atoms. The Kier molecular flexibility index (Phi) is 6.66. The summed E-state index contributed by atoms with van der Waals surface area (Å²) in [5.41, 5.74) is -3.01. The van der Waals surface area contributed by atoms with Gasteiger partial charge in [-0.25, -0.2) is 9.18 Å². The van der Waals surface area contributed by atoms with Gasteiger partial charge in [0, 0.05) is 18.0 Å². The van der Waals surface area contributed by atoms with Gasteiger partial charge in [0.25, 0.3) is 0 Å². The number of ether oxygens (including phenoxy) is 1. The highest BCUT2D eigenvalue weighted by atomic mass is 35.5. The van der Waals surface area contributed by atoms with Crippen molar-refractivity contribution in [3.8, 4) is 16.9 Å². The van der Waals surface area contributed by atoms with Crippen LogP contribution in [0.4, 0.5) is 23.2 Å². The molecule has 0 aromatic heterocycles. The fraction of sp³-hybridized carbons (Fsp3) is 0.269. The Morgan fingerprint density at radius 1 is 1.08 bits per heavy atom. The third-order valence-electron chi connectivity index (χ3n) is 6.55. The maximum absolute atomic E-state index is 14.5. The van der Waals surface area contributed by atoms with Crippen LogP contribution in [0.5, 0.6) is 5.75 Å². The number of alkyl halides is 3. The van der Waals surface area contributed by atoms with Crippen molar-refractivity contribution in [2.75, 3.05) is 25.1 Å². The summed E-state index contributed by atoms with van der Waals surface area (Å²) in [6.45, 7) is 2.11. The van der Waals surface area contributed by atoms with Crippen molar-refractivity contribution in [2.45, 2.75) is 24.6 Å². The van der Waals surface area contributed by atoms with E-state index >= 15 is 0 Å². The molecule has 36 heavy (non-hydrogen) atoms. The first-order chi connectivity index (χ1) is 16.8. The van der Waals surface area contributed by atoms with Crippen molar-refractivity contribution < 1.29 is 37.3 Å². The van der Waals surface area contributed by atoms with Crippen LogP contribution in [-0.4, -0.2) is 42.6 Å². The van der Waals surface area contributed by atoms with Crippen molar-refractivity contribution in [3.63, 3.8) is 0 Å². The van der Waals surface area contributed by atoms with Gasteiger partial charge in [-0.15, -0.1) is 0 Å². The van der Waals surface area contributed by atoms with Crippen LogP contribution in [0.3, 0.4) is 0 Å². The van der Waals surface area contributed by atoms with Gasteiger partial charge in [-0.1, -0.05) is 42.8 Å². The molecule has 0 amide bonds. The second-order valence-corrected chi connectivity index (χ2v) is 9.08. The first-order valence-corrected chi connectivity index (χ1v) is 11.3. The molecule has 4 rings (SSSR count). The minimum atomic E-state index is -5.05. The summed E-state index contributed by atoms with van der Waals surface area (Å²) in [4.78, 5) is 12.8. The number of fused-ring (bicyclic) bond motifs is 1. The van der Waals surface area contributed by atoms with Crippen LogP contribution in [0.25, 0.3) is 11.1 Å². The van der Waals surface area contributed by atoms with Gasteiger partial charge in [-0.2, -0.15) is 13.2 Å². The lowest BCUT2D eigenvalue weighted by atomic mass is 9.77. The van der Waals surface area contributed by atoms with E-state index in [1.807, 2.05) is 0 Å². The van der Waals surface area contributed by atoms with Crippen molar-refractivity contribution in [2.24, 2.45) is 0 Å². The zero-order chi connectivity index (χ0) is 26.4. The van der Waals surface area contributed by atoms with Gasteiger partial charge in [0.2, 0.25) is 0 Å². The standard InChI is InChI=1S/C26H22ClF4NO4/c1-14(18-6-3-15(11-20(18)27)16-4-7-19(24(33)34)21(28)12-16)25(35,26(29,30)31)17-5-8-23-22(13-17)32(2)9-10-36-23/h3-8,11-14,35H,9-10H2,1-2H3,(H,33,34). The van der Waals surface area contributed by atoms with Gasteiger partial charge >= 0.3 is 12.1 Å². The molecule has 10 heteroatoms. The van der Waals surface area contributed by atoms with E-state index in [2.05, 4.69) is 0 Å². The molecule has 1 heterocycles. The lowest BCUT2D eigenvalue weighted by Crippen LogP contribution is -2.46. The number of nitrogens with zero attached hydrogens (tertiary/aromatic N) is 1. The molecule has 0 fully saturated rings. The van der Waals surface area contributed by atoms with Crippen molar-refractivity contribution >= 4 is 23.3 Å². The first kappa shape index (κ1) is 25.8. The molecule has 2 atom stereocenters. The Balaban J connectivity index is 1.75. The first-order valence-electron chi connectivity index (χ1n) is 10.9. The lowest BCUT2D eigenvalue weighted by molar-refractivity contribution is -0.274. The summed E-state index contributed by atoms with van der Waals surface area (Å²) in [7, 11) is 1.72.